The van der Waals surface area contributed by atoms with Gasteiger partial charge >= 0.3 is 0 Å². The summed E-state index contributed by atoms with van der Waals surface area (Å²) in [7, 11) is 0. The summed E-state index contributed by atoms with van der Waals surface area (Å²) < 4.78 is 5.25. The monoisotopic (exact) mass is 274 g/mol. The van der Waals surface area contributed by atoms with Crippen molar-refractivity contribution in [3.05, 3.63) is 46.9 Å². The minimum Gasteiger partial charge on any atom is -0.508 e. The Morgan fingerprint density at radius 1 is 1.30 bits per heavy atom. The maximum absolute atomic E-state index is 11.8. The van der Waals surface area contributed by atoms with Crippen LogP contribution in [0.4, 0.5) is 0 Å². The van der Waals surface area contributed by atoms with Gasteiger partial charge in [0.15, 0.2) is 0 Å². The molecule has 0 aliphatic heterocycles. The van der Waals surface area contributed by atoms with Gasteiger partial charge < -0.3 is 14.6 Å². The van der Waals surface area contributed by atoms with Gasteiger partial charge in [-0.05, 0) is 32.0 Å². The summed E-state index contributed by atoms with van der Waals surface area (Å²) in [6.45, 7) is 3.44. The highest BCUT2D eigenvalue weighted by Gasteiger charge is 2.12. The first kappa shape index (κ1) is 13.7. The van der Waals surface area contributed by atoms with E-state index in [2.05, 4.69) is 10.5 Å². The second-order valence-electron chi connectivity index (χ2n) is 4.27. The third-order valence-corrected chi connectivity index (χ3v) is 2.67. The predicted octanol–water partition coefficient (Wildman–Crippen LogP) is 2.07. The highest BCUT2D eigenvalue weighted by atomic mass is 16.3. The SMILES string of the molecule is Cc1cc(C(=O)N/N=C/c2ccc(O)cc2O)c(C)o1. The molecule has 104 valence electrons. The van der Waals surface area contributed by atoms with Crippen LogP contribution in [0.25, 0.3) is 0 Å². The highest BCUT2D eigenvalue weighted by Crippen LogP contribution is 2.20. The van der Waals surface area contributed by atoms with E-state index in [1.807, 2.05) is 0 Å². The summed E-state index contributed by atoms with van der Waals surface area (Å²) in [5.41, 5.74) is 3.13. The van der Waals surface area contributed by atoms with Gasteiger partial charge in [0, 0.05) is 11.6 Å². The zero-order valence-corrected chi connectivity index (χ0v) is 11.0. The van der Waals surface area contributed by atoms with Crippen molar-refractivity contribution in [2.75, 3.05) is 0 Å². The molecule has 0 saturated carbocycles. The average molecular weight is 274 g/mol. The molecule has 1 aromatic carbocycles. The fourth-order valence-electron chi connectivity index (χ4n) is 1.72. The van der Waals surface area contributed by atoms with Gasteiger partial charge in [0.2, 0.25) is 0 Å². The standard InChI is InChI=1S/C14H14N2O4/c1-8-5-12(9(2)20-8)14(19)16-15-7-10-3-4-11(17)6-13(10)18/h3-7,17-18H,1-2H3,(H,16,19)/b15-7+. The topological polar surface area (TPSA) is 95.1 Å². The quantitative estimate of drug-likeness (QED) is 0.589. The number of phenolic OH excluding ortho intramolecular Hbond substituents is 2. The number of amides is 1. The third-order valence-electron chi connectivity index (χ3n) is 2.67. The first-order valence-corrected chi connectivity index (χ1v) is 5.90. The fraction of sp³-hybridized carbons (Fsp3) is 0.143. The van der Waals surface area contributed by atoms with Crippen LogP contribution >= 0.6 is 0 Å². The molecule has 0 aliphatic carbocycles. The number of aromatic hydroxyl groups is 2. The first-order valence-electron chi connectivity index (χ1n) is 5.90. The molecule has 0 atom stereocenters. The number of aryl methyl sites for hydroxylation is 2. The van der Waals surface area contributed by atoms with Crippen LogP contribution < -0.4 is 5.43 Å². The predicted molar refractivity (Wildman–Crippen MR) is 73.0 cm³/mol. The normalized spacial score (nSPS) is 10.9. The maximum Gasteiger partial charge on any atom is 0.274 e. The van der Waals surface area contributed by atoms with Crippen molar-refractivity contribution in [1.29, 1.82) is 0 Å². The van der Waals surface area contributed by atoms with Crippen LogP contribution in [0.15, 0.2) is 33.8 Å². The second kappa shape index (κ2) is 5.48. The maximum atomic E-state index is 11.8. The van der Waals surface area contributed by atoms with Crippen LogP contribution in [0.5, 0.6) is 11.5 Å². The highest BCUT2D eigenvalue weighted by molar-refractivity contribution is 5.96. The van der Waals surface area contributed by atoms with Crippen LogP contribution in [0.3, 0.4) is 0 Å². The summed E-state index contributed by atoms with van der Waals surface area (Å²) in [5, 5.41) is 22.4. The Hall–Kier alpha value is -2.76. The molecule has 20 heavy (non-hydrogen) atoms. The molecule has 0 aliphatic rings. The minimum absolute atomic E-state index is 0.0480. The van der Waals surface area contributed by atoms with E-state index >= 15 is 0 Å². The Balaban J connectivity index is 2.06. The molecule has 2 aromatic rings. The van der Waals surface area contributed by atoms with Gasteiger partial charge in [-0.3, -0.25) is 4.79 Å². The Labute approximate surface area is 115 Å². The number of carbonyl (C=O) groups excluding carboxylic acids is 1. The molecule has 0 saturated heterocycles. The molecular weight excluding hydrogens is 260 g/mol. The number of hydrogen-bond acceptors (Lipinski definition) is 5. The van der Waals surface area contributed by atoms with E-state index in [-0.39, 0.29) is 11.5 Å². The van der Waals surface area contributed by atoms with Crippen molar-refractivity contribution in [3.63, 3.8) is 0 Å². The van der Waals surface area contributed by atoms with Gasteiger partial charge in [0.1, 0.15) is 23.0 Å². The largest absolute Gasteiger partial charge is 0.508 e. The van der Waals surface area contributed by atoms with Crippen LogP contribution in [0, 0.1) is 13.8 Å². The van der Waals surface area contributed by atoms with E-state index in [1.165, 1.54) is 24.4 Å². The Morgan fingerprint density at radius 3 is 2.65 bits per heavy atom. The van der Waals surface area contributed by atoms with E-state index < -0.39 is 5.91 Å². The number of phenols is 2. The van der Waals surface area contributed by atoms with Crippen molar-refractivity contribution < 1.29 is 19.4 Å². The summed E-state index contributed by atoms with van der Waals surface area (Å²) in [4.78, 5) is 11.8. The van der Waals surface area contributed by atoms with E-state index in [9.17, 15) is 9.90 Å². The molecule has 6 nitrogen and oxygen atoms in total. The second-order valence-corrected chi connectivity index (χ2v) is 4.27. The Kier molecular flexibility index (Phi) is 3.74. The minimum atomic E-state index is -0.395. The van der Waals surface area contributed by atoms with Crippen LogP contribution in [0.1, 0.15) is 27.4 Å². The number of benzene rings is 1. The van der Waals surface area contributed by atoms with Gasteiger partial charge in [-0.25, -0.2) is 5.43 Å². The molecule has 2 rings (SSSR count). The molecule has 0 radical (unpaired) electrons. The lowest BCUT2D eigenvalue weighted by Gasteiger charge is -2.00. The molecule has 1 amide bonds. The van der Waals surface area contributed by atoms with Crippen molar-refractivity contribution in [2.24, 2.45) is 5.10 Å². The summed E-state index contributed by atoms with van der Waals surface area (Å²) in [6, 6.07) is 5.70. The molecule has 0 spiro atoms. The fourth-order valence-corrected chi connectivity index (χ4v) is 1.72. The summed E-state index contributed by atoms with van der Waals surface area (Å²) >= 11 is 0. The average Bonchev–Trinajstić information content (AvgIpc) is 2.71. The van der Waals surface area contributed by atoms with Gasteiger partial charge in [0.25, 0.3) is 5.91 Å². The zero-order chi connectivity index (χ0) is 14.7. The van der Waals surface area contributed by atoms with Crippen molar-refractivity contribution >= 4 is 12.1 Å². The Morgan fingerprint density at radius 2 is 2.05 bits per heavy atom. The van der Waals surface area contributed by atoms with E-state index in [4.69, 9.17) is 9.52 Å². The molecule has 0 fully saturated rings. The number of hydrazone groups is 1. The third kappa shape index (κ3) is 2.97. The number of nitrogens with one attached hydrogen (secondary N) is 1. The summed E-state index contributed by atoms with van der Waals surface area (Å²) in [5.74, 6) is 0.593. The molecule has 3 N–H and O–H groups in total. The van der Waals surface area contributed by atoms with Crippen LogP contribution in [-0.2, 0) is 0 Å². The van der Waals surface area contributed by atoms with Gasteiger partial charge in [-0.2, -0.15) is 5.10 Å². The molecule has 6 heteroatoms. The molecule has 1 heterocycles. The zero-order valence-electron chi connectivity index (χ0n) is 11.0. The number of furan rings is 1. The van der Waals surface area contributed by atoms with E-state index in [1.54, 1.807) is 19.9 Å². The van der Waals surface area contributed by atoms with E-state index in [0.717, 1.165) is 0 Å². The number of rotatable bonds is 3. The molecule has 0 bridgehead atoms. The Bertz CT molecular complexity index is 674. The smallest absolute Gasteiger partial charge is 0.274 e. The number of nitrogens with zero attached hydrogens (tertiary/aromatic N) is 1. The van der Waals surface area contributed by atoms with Crippen molar-refractivity contribution in [1.82, 2.24) is 5.43 Å². The van der Waals surface area contributed by atoms with E-state index in [0.29, 0.717) is 22.6 Å². The first-order chi connectivity index (χ1) is 9.47. The van der Waals surface area contributed by atoms with Crippen molar-refractivity contribution in [3.8, 4) is 11.5 Å². The lowest BCUT2D eigenvalue weighted by molar-refractivity contribution is 0.0953. The summed E-state index contributed by atoms with van der Waals surface area (Å²) in [6.07, 6.45) is 1.29. The molecule has 0 unspecified atom stereocenters. The lowest BCUT2D eigenvalue weighted by atomic mass is 10.2. The van der Waals surface area contributed by atoms with Crippen molar-refractivity contribution in [2.45, 2.75) is 13.8 Å². The molecule has 1 aromatic heterocycles. The van der Waals surface area contributed by atoms with Gasteiger partial charge in [-0.15, -0.1) is 0 Å². The van der Waals surface area contributed by atoms with Crippen LogP contribution in [-0.4, -0.2) is 22.3 Å². The van der Waals surface area contributed by atoms with Gasteiger partial charge in [0.05, 0.1) is 11.8 Å². The molecular formula is C14H14N2O4. The number of hydrogen-bond donors (Lipinski definition) is 3. The van der Waals surface area contributed by atoms with Gasteiger partial charge in [-0.1, -0.05) is 0 Å². The van der Waals surface area contributed by atoms with Crippen LogP contribution in [0.2, 0.25) is 0 Å². The lowest BCUT2D eigenvalue weighted by Crippen LogP contribution is -2.17. The number of carbonyl (C=O) groups is 1.